The zero-order valence-electron chi connectivity index (χ0n) is 10.5. The topological polar surface area (TPSA) is 83.8 Å². The highest BCUT2D eigenvalue weighted by molar-refractivity contribution is 7.46. The van der Waals surface area contributed by atoms with Gasteiger partial charge < -0.3 is 9.79 Å². The van der Waals surface area contributed by atoms with Crippen molar-refractivity contribution in [3.63, 3.8) is 0 Å². The van der Waals surface area contributed by atoms with E-state index in [1.807, 2.05) is 20.8 Å². The first kappa shape index (κ1) is 15.8. The number of carbonyl (C=O) groups excluding carboxylic acids is 1. The Bertz CT molecular complexity index is 297. The fraction of sp³-hybridized carbons (Fsp3) is 0.900. The molecule has 0 aromatic heterocycles. The van der Waals surface area contributed by atoms with Crippen LogP contribution in [0.4, 0.5) is 0 Å². The Balaban J connectivity index is 4.36. The second kappa shape index (κ2) is 4.96. The molecule has 0 saturated heterocycles. The van der Waals surface area contributed by atoms with Crippen molar-refractivity contribution in [3.8, 4) is 0 Å². The van der Waals surface area contributed by atoms with Crippen LogP contribution in [0.3, 0.4) is 0 Å². The van der Waals surface area contributed by atoms with E-state index in [1.54, 1.807) is 13.8 Å². The molecule has 0 aliphatic rings. The molecule has 0 radical (unpaired) electrons. The quantitative estimate of drug-likeness (QED) is 0.732. The zero-order valence-corrected chi connectivity index (χ0v) is 11.4. The number of phosphoric ester groups is 1. The Labute approximate surface area is 96.4 Å². The third-order valence-electron chi connectivity index (χ3n) is 2.10. The minimum absolute atomic E-state index is 0.0480. The number of carbonyl (C=O) groups is 1. The van der Waals surface area contributed by atoms with Crippen LogP contribution in [-0.4, -0.2) is 22.2 Å². The predicted molar refractivity (Wildman–Crippen MR) is 60.9 cm³/mol. The van der Waals surface area contributed by atoms with Gasteiger partial charge in [-0.15, -0.1) is 0 Å². The van der Waals surface area contributed by atoms with Crippen LogP contribution in [0, 0.1) is 10.8 Å². The molecule has 96 valence electrons. The number of rotatable bonds is 5. The van der Waals surface area contributed by atoms with E-state index in [4.69, 9.17) is 9.79 Å². The average molecular weight is 252 g/mol. The maximum atomic E-state index is 11.8. The molecule has 2 N–H and O–H groups in total. The van der Waals surface area contributed by atoms with Crippen molar-refractivity contribution in [1.29, 1.82) is 0 Å². The van der Waals surface area contributed by atoms with Gasteiger partial charge >= 0.3 is 7.82 Å². The second-order valence-corrected chi connectivity index (χ2v) is 7.02. The van der Waals surface area contributed by atoms with Gasteiger partial charge in [0.05, 0.1) is 6.61 Å². The number of ketones is 1. The van der Waals surface area contributed by atoms with E-state index in [1.165, 1.54) is 0 Å². The van der Waals surface area contributed by atoms with E-state index in [-0.39, 0.29) is 18.8 Å². The monoisotopic (exact) mass is 252 g/mol. The maximum absolute atomic E-state index is 11.8. The Kier molecular flexibility index (Phi) is 4.89. The van der Waals surface area contributed by atoms with Crippen molar-refractivity contribution in [3.05, 3.63) is 0 Å². The smallest absolute Gasteiger partial charge is 0.303 e. The maximum Gasteiger partial charge on any atom is 0.469 e. The number of Topliss-reactive ketones (excluding diaryl/α,β-unsaturated/α-hetero) is 1. The molecule has 0 rings (SSSR count). The first-order valence-corrected chi connectivity index (χ1v) is 6.60. The highest BCUT2D eigenvalue weighted by atomic mass is 31.2. The van der Waals surface area contributed by atoms with Crippen molar-refractivity contribution in [2.24, 2.45) is 10.8 Å². The first-order chi connectivity index (χ1) is 6.83. The fourth-order valence-electron chi connectivity index (χ4n) is 1.01. The lowest BCUT2D eigenvalue weighted by atomic mass is 9.79. The summed E-state index contributed by atoms with van der Waals surface area (Å²) in [4.78, 5) is 28.9. The van der Waals surface area contributed by atoms with Gasteiger partial charge in [-0.2, -0.15) is 0 Å². The Morgan fingerprint density at radius 2 is 1.62 bits per heavy atom. The van der Waals surface area contributed by atoms with Crippen molar-refractivity contribution >= 4 is 13.6 Å². The van der Waals surface area contributed by atoms with Crippen LogP contribution in [0.1, 0.15) is 41.0 Å². The first-order valence-electron chi connectivity index (χ1n) is 5.07. The van der Waals surface area contributed by atoms with Crippen molar-refractivity contribution in [2.75, 3.05) is 6.61 Å². The number of hydrogen-bond donors (Lipinski definition) is 2. The van der Waals surface area contributed by atoms with Gasteiger partial charge in [0.25, 0.3) is 0 Å². The minimum atomic E-state index is -4.46. The Morgan fingerprint density at radius 3 is 1.94 bits per heavy atom. The molecule has 6 heteroatoms. The highest BCUT2D eigenvalue weighted by Crippen LogP contribution is 2.39. The van der Waals surface area contributed by atoms with Gasteiger partial charge in [0.15, 0.2) is 0 Å². The van der Waals surface area contributed by atoms with Crippen LogP contribution in [0.5, 0.6) is 0 Å². The summed E-state index contributed by atoms with van der Waals surface area (Å²) in [6.45, 7) is 8.79. The Morgan fingerprint density at radius 1 is 1.19 bits per heavy atom. The van der Waals surface area contributed by atoms with E-state index >= 15 is 0 Å². The molecule has 0 amide bonds. The third kappa shape index (κ3) is 7.12. The summed E-state index contributed by atoms with van der Waals surface area (Å²) >= 11 is 0. The standard InChI is InChI=1S/C10H21O5P/c1-9(2,3)8(11)6-10(4,5)7-15-16(12,13)14/h6-7H2,1-5H3,(H2,12,13,14). The van der Waals surface area contributed by atoms with Crippen molar-refractivity contribution in [1.82, 2.24) is 0 Å². The molecule has 0 atom stereocenters. The van der Waals surface area contributed by atoms with Gasteiger partial charge in [-0.25, -0.2) is 4.57 Å². The molecule has 0 aliphatic carbocycles. The largest absolute Gasteiger partial charge is 0.469 e. The number of phosphoric acid groups is 1. The Hall–Kier alpha value is -0.220. The summed E-state index contributed by atoms with van der Waals surface area (Å²) in [7, 11) is -4.46. The molecule has 0 aromatic rings. The van der Waals surface area contributed by atoms with E-state index < -0.39 is 18.7 Å². The van der Waals surface area contributed by atoms with Crippen LogP contribution in [0.15, 0.2) is 0 Å². The summed E-state index contributed by atoms with van der Waals surface area (Å²) in [6.07, 6.45) is 0.233. The van der Waals surface area contributed by atoms with Gasteiger partial charge in [0, 0.05) is 11.8 Å². The molecule has 0 fully saturated rings. The normalized spacial score (nSPS) is 13.9. The van der Waals surface area contributed by atoms with Crippen molar-refractivity contribution in [2.45, 2.75) is 41.0 Å². The summed E-state index contributed by atoms with van der Waals surface area (Å²) in [6, 6.07) is 0. The van der Waals surface area contributed by atoms with Crippen LogP contribution in [0.2, 0.25) is 0 Å². The van der Waals surface area contributed by atoms with Gasteiger partial charge in [0.2, 0.25) is 0 Å². The molecule has 0 spiro atoms. The molecular formula is C10H21O5P. The molecule has 0 saturated carbocycles. The molecular weight excluding hydrogens is 231 g/mol. The summed E-state index contributed by atoms with van der Waals surface area (Å²) in [5.41, 5.74) is -1.02. The number of hydrogen-bond acceptors (Lipinski definition) is 3. The predicted octanol–water partition coefficient (Wildman–Crippen LogP) is 2.13. The molecule has 0 bridgehead atoms. The SMILES string of the molecule is CC(C)(COP(=O)(O)O)CC(=O)C(C)(C)C. The van der Waals surface area contributed by atoms with E-state index in [0.29, 0.717) is 0 Å². The van der Waals surface area contributed by atoms with Gasteiger partial charge in [-0.05, 0) is 5.41 Å². The van der Waals surface area contributed by atoms with Gasteiger partial charge in [0.1, 0.15) is 5.78 Å². The zero-order chi connectivity index (χ0) is 13.2. The third-order valence-corrected chi connectivity index (χ3v) is 2.56. The average Bonchev–Trinajstić information content (AvgIpc) is 1.97. The van der Waals surface area contributed by atoms with Crippen LogP contribution < -0.4 is 0 Å². The highest BCUT2D eigenvalue weighted by Gasteiger charge is 2.31. The minimum Gasteiger partial charge on any atom is -0.303 e. The van der Waals surface area contributed by atoms with Crippen molar-refractivity contribution < 1.29 is 23.7 Å². The summed E-state index contributed by atoms with van der Waals surface area (Å²) < 4.78 is 15.0. The summed E-state index contributed by atoms with van der Waals surface area (Å²) in [5.74, 6) is 0.0480. The van der Waals surface area contributed by atoms with Gasteiger partial charge in [-0.1, -0.05) is 34.6 Å². The molecule has 0 aliphatic heterocycles. The molecule has 0 unspecified atom stereocenters. The van der Waals surface area contributed by atoms with Crippen LogP contribution in [0.25, 0.3) is 0 Å². The lowest BCUT2D eigenvalue weighted by Crippen LogP contribution is -2.29. The van der Waals surface area contributed by atoms with Crippen LogP contribution >= 0.6 is 7.82 Å². The van der Waals surface area contributed by atoms with E-state index in [2.05, 4.69) is 4.52 Å². The molecule has 0 aromatic carbocycles. The van der Waals surface area contributed by atoms with E-state index in [9.17, 15) is 9.36 Å². The molecule has 16 heavy (non-hydrogen) atoms. The lowest BCUT2D eigenvalue weighted by Gasteiger charge is -2.27. The molecule has 0 heterocycles. The fourth-order valence-corrected chi connectivity index (χ4v) is 1.53. The lowest BCUT2D eigenvalue weighted by molar-refractivity contribution is -0.128. The van der Waals surface area contributed by atoms with Crippen LogP contribution in [-0.2, 0) is 13.9 Å². The second-order valence-electron chi connectivity index (χ2n) is 5.78. The molecule has 5 nitrogen and oxygen atoms in total. The van der Waals surface area contributed by atoms with Gasteiger partial charge in [-0.3, -0.25) is 9.32 Å². The van der Waals surface area contributed by atoms with E-state index in [0.717, 1.165) is 0 Å². The summed E-state index contributed by atoms with van der Waals surface area (Å²) in [5, 5.41) is 0.